The molecule has 2 aromatic rings. The van der Waals surface area contributed by atoms with Gasteiger partial charge in [-0.15, -0.1) is 0 Å². The minimum Gasteiger partial charge on any atom is -0.497 e. The second-order valence-corrected chi connectivity index (χ2v) is 5.77. The van der Waals surface area contributed by atoms with Gasteiger partial charge in [0.1, 0.15) is 18.5 Å². The highest BCUT2D eigenvalue weighted by Gasteiger charge is 2.27. The molecule has 1 aliphatic rings. The molecule has 0 N–H and O–H groups in total. The molecule has 0 radical (unpaired) electrons. The highest BCUT2D eigenvalue weighted by molar-refractivity contribution is 5.78. The molecule has 7 nitrogen and oxygen atoms in total. The van der Waals surface area contributed by atoms with Crippen molar-refractivity contribution in [2.24, 2.45) is 0 Å². The van der Waals surface area contributed by atoms with Crippen LogP contribution in [0.4, 0.5) is 5.69 Å². The molecule has 0 unspecified atom stereocenters. The molecule has 2 aromatic carbocycles. The van der Waals surface area contributed by atoms with Crippen LogP contribution in [0.25, 0.3) is 0 Å². The Morgan fingerprint density at radius 1 is 1.20 bits per heavy atom. The van der Waals surface area contributed by atoms with Crippen LogP contribution in [-0.4, -0.2) is 36.0 Å². The van der Waals surface area contributed by atoms with Crippen molar-refractivity contribution in [1.29, 1.82) is 0 Å². The Hall–Kier alpha value is -2.93. The Morgan fingerprint density at radius 3 is 2.48 bits per heavy atom. The zero-order valence-electron chi connectivity index (χ0n) is 13.8. The molecule has 25 heavy (non-hydrogen) atoms. The van der Waals surface area contributed by atoms with Gasteiger partial charge in [-0.25, -0.2) is 0 Å². The summed E-state index contributed by atoms with van der Waals surface area (Å²) in [6.45, 7) is 0.885. The van der Waals surface area contributed by atoms with Gasteiger partial charge in [0, 0.05) is 18.7 Å². The fraction of sp³-hybridized carbons (Fsp3) is 0.278. The van der Waals surface area contributed by atoms with Crippen molar-refractivity contribution < 1.29 is 19.2 Å². The molecule has 0 aromatic heterocycles. The average Bonchev–Trinajstić information content (AvgIpc) is 2.64. The third-order valence-corrected chi connectivity index (χ3v) is 4.16. The monoisotopic (exact) mass is 342 g/mol. The number of rotatable bonds is 5. The summed E-state index contributed by atoms with van der Waals surface area (Å²) in [6, 6.07) is 13.8. The Bertz CT molecular complexity index is 758. The zero-order chi connectivity index (χ0) is 17.8. The van der Waals surface area contributed by atoms with Crippen LogP contribution < -0.4 is 4.74 Å². The first kappa shape index (κ1) is 16.9. The summed E-state index contributed by atoms with van der Waals surface area (Å²) < 4.78 is 10.7. The van der Waals surface area contributed by atoms with Crippen molar-refractivity contribution in [3.63, 3.8) is 0 Å². The summed E-state index contributed by atoms with van der Waals surface area (Å²) >= 11 is 0. The van der Waals surface area contributed by atoms with Gasteiger partial charge >= 0.3 is 0 Å². The molecule has 0 aliphatic carbocycles. The lowest BCUT2D eigenvalue weighted by molar-refractivity contribution is -0.384. The minimum absolute atomic E-state index is 0.00217. The van der Waals surface area contributed by atoms with E-state index >= 15 is 0 Å². The van der Waals surface area contributed by atoms with E-state index in [4.69, 9.17) is 9.47 Å². The number of morpholine rings is 1. The number of nitro benzene ring substituents is 1. The summed E-state index contributed by atoms with van der Waals surface area (Å²) in [5.41, 5.74) is 1.85. The van der Waals surface area contributed by atoms with E-state index in [0.717, 1.165) is 16.9 Å². The highest BCUT2D eigenvalue weighted by Crippen LogP contribution is 2.26. The maximum absolute atomic E-state index is 12.1. The van der Waals surface area contributed by atoms with Crippen molar-refractivity contribution >= 4 is 11.6 Å². The summed E-state index contributed by atoms with van der Waals surface area (Å²) in [4.78, 5) is 24.2. The third-order valence-electron chi connectivity index (χ3n) is 4.16. The van der Waals surface area contributed by atoms with E-state index in [0.29, 0.717) is 13.1 Å². The van der Waals surface area contributed by atoms with Gasteiger partial charge in [0.05, 0.1) is 18.6 Å². The van der Waals surface area contributed by atoms with Gasteiger partial charge in [-0.3, -0.25) is 14.9 Å². The van der Waals surface area contributed by atoms with Gasteiger partial charge in [0.25, 0.3) is 5.69 Å². The number of carbonyl (C=O) groups is 1. The molecule has 0 saturated carbocycles. The standard InChI is InChI=1S/C18H18N2O5/c1-24-16-8-2-13(3-9-16)10-19-11-17(25-12-18(19)21)14-4-6-15(7-5-14)20(22)23/h2-9,17H,10-12H2,1H3/t17-/m1/s1. The Balaban J connectivity index is 1.70. The van der Waals surface area contributed by atoms with Crippen molar-refractivity contribution in [3.8, 4) is 5.75 Å². The van der Waals surface area contributed by atoms with Crippen LogP contribution in [0.1, 0.15) is 17.2 Å². The first-order chi connectivity index (χ1) is 12.1. The summed E-state index contributed by atoms with van der Waals surface area (Å²) in [5.74, 6) is 0.690. The molecule has 1 fully saturated rings. The second-order valence-electron chi connectivity index (χ2n) is 5.77. The van der Waals surface area contributed by atoms with Crippen LogP contribution in [0.3, 0.4) is 0 Å². The number of hydrogen-bond donors (Lipinski definition) is 0. The molecule has 3 rings (SSSR count). The summed E-state index contributed by atoms with van der Waals surface area (Å²) in [5, 5.41) is 10.7. The molecule has 1 saturated heterocycles. The highest BCUT2D eigenvalue weighted by atomic mass is 16.6. The van der Waals surface area contributed by atoms with E-state index in [1.54, 1.807) is 24.1 Å². The van der Waals surface area contributed by atoms with Crippen molar-refractivity contribution in [3.05, 3.63) is 69.8 Å². The summed E-state index contributed by atoms with van der Waals surface area (Å²) in [7, 11) is 1.61. The first-order valence-electron chi connectivity index (χ1n) is 7.83. The zero-order valence-corrected chi connectivity index (χ0v) is 13.8. The smallest absolute Gasteiger partial charge is 0.269 e. The number of carbonyl (C=O) groups excluding carboxylic acids is 1. The molecule has 1 amide bonds. The number of benzene rings is 2. The first-order valence-corrected chi connectivity index (χ1v) is 7.83. The van der Waals surface area contributed by atoms with Gasteiger partial charge in [0.2, 0.25) is 5.91 Å². The van der Waals surface area contributed by atoms with Crippen LogP contribution in [0, 0.1) is 10.1 Å². The predicted octanol–water partition coefficient (Wildman–Crippen LogP) is 2.70. The topological polar surface area (TPSA) is 81.9 Å². The van der Waals surface area contributed by atoms with E-state index in [-0.39, 0.29) is 24.3 Å². The molecule has 1 atom stereocenters. The van der Waals surface area contributed by atoms with Crippen LogP contribution in [-0.2, 0) is 16.1 Å². The Kier molecular flexibility index (Phi) is 4.95. The van der Waals surface area contributed by atoms with Gasteiger partial charge < -0.3 is 14.4 Å². The molecular weight excluding hydrogens is 324 g/mol. The van der Waals surface area contributed by atoms with Crippen molar-refractivity contribution in [2.45, 2.75) is 12.6 Å². The number of non-ortho nitro benzene ring substituents is 1. The number of methoxy groups -OCH3 is 1. The van der Waals surface area contributed by atoms with Gasteiger partial charge in [-0.05, 0) is 35.4 Å². The lowest BCUT2D eigenvalue weighted by Crippen LogP contribution is -2.42. The van der Waals surface area contributed by atoms with Gasteiger partial charge in [0.15, 0.2) is 0 Å². The maximum Gasteiger partial charge on any atom is 0.269 e. The van der Waals surface area contributed by atoms with E-state index in [1.165, 1.54) is 12.1 Å². The summed E-state index contributed by atoms with van der Waals surface area (Å²) in [6.07, 6.45) is -0.295. The van der Waals surface area contributed by atoms with Crippen LogP contribution in [0.15, 0.2) is 48.5 Å². The number of ether oxygens (including phenoxy) is 2. The third kappa shape index (κ3) is 3.95. The molecule has 7 heteroatoms. The minimum atomic E-state index is -0.439. The van der Waals surface area contributed by atoms with Crippen LogP contribution in [0.2, 0.25) is 0 Å². The second kappa shape index (κ2) is 7.31. The molecule has 1 heterocycles. The normalized spacial score (nSPS) is 17.4. The van der Waals surface area contributed by atoms with E-state index in [9.17, 15) is 14.9 Å². The van der Waals surface area contributed by atoms with Crippen molar-refractivity contribution in [1.82, 2.24) is 4.90 Å². The Labute approximate surface area is 144 Å². The van der Waals surface area contributed by atoms with E-state index in [2.05, 4.69) is 0 Å². The van der Waals surface area contributed by atoms with E-state index in [1.807, 2.05) is 24.3 Å². The lowest BCUT2D eigenvalue weighted by atomic mass is 10.1. The van der Waals surface area contributed by atoms with Crippen LogP contribution >= 0.6 is 0 Å². The fourth-order valence-electron chi connectivity index (χ4n) is 2.73. The molecule has 130 valence electrons. The molecule has 0 spiro atoms. The fourth-order valence-corrected chi connectivity index (χ4v) is 2.73. The van der Waals surface area contributed by atoms with Crippen LogP contribution in [0.5, 0.6) is 5.75 Å². The van der Waals surface area contributed by atoms with Gasteiger partial charge in [-0.2, -0.15) is 0 Å². The molecule has 0 bridgehead atoms. The predicted molar refractivity (Wildman–Crippen MR) is 90.2 cm³/mol. The lowest BCUT2D eigenvalue weighted by Gasteiger charge is -2.33. The Morgan fingerprint density at radius 2 is 1.88 bits per heavy atom. The number of hydrogen-bond acceptors (Lipinski definition) is 5. The quantitative estimate of drug-likeness (QED) is 0.616. The van der Waals surface area contributed by atoms with Crippen molar-refractivity contribution in [2.75, 3.05) is 20.3 Å². The number of nitro groups is 1. The molecule has 1 aliphatic heterocycles. The van der Waals surface area contributed by atoms with Gasteiger partial charge in [-0.1, -0.05) is 12.1 Å². The average molecular weight is 342 g/mol. The maximum atomic E-state index is 12.1. The molecular formula is C18H18N2O5. The largest absolute Gasteiger partial charge is 0.497 e. The SMILES string of the molecule is COc1ccc(CN2C[C@H](c3ccc([N+](=O)[O-])cc3)OCC2=O)cc1. The number of nitrogens with zero attached hydrogens (tertiary/aromatic N) is 2. The number of amides is 1. The van der Waals surface area contributed by atoms with E-state index < -0.39 is 4.92 Å².